The summed E-state index contributed by atoms with van der Waals surface area (Å²) in [5.74, 6) is 2.15. The summed E-state index contributed by atoms with van der Waals surface area (Å²) in [5.41, 5.74) is 7.19. The van der Waals surface area contributed by atoms with Crippen LogP contribution >= 0.6 is 0 Å². The van der Waals surface area contributed by atoms with Crippen LogP contribution in [0.3, 0.4) is 0 Å². The van der Waals surface area contributed by atoms with Gasteiger partial charge in [-0.15, -0.1) is 0 Å². The third-order valence-electron chi connectivity index (χ3n) is 4.22. The molecule has 3 heteroatoms. The highest BCUT2D eigenvalue weighted by atomic mass is 16.5. The summed E-state index contributed by atoms with van der Waals surface area (Å²) in [7, 11) is 2.19. The van der Waals surface area contributed by atoms with Gasteiger partial charge in [0.2, 0.25) is 0 Å². The minimum Gasteiger partial charge on any atom is -0.493 e. The monoisotopic (exact) mass is 262 g/mol. The summed E-state index contributed by atoms with van der Waals surface area (Å²) in [6.45, 7) is 5.93. The lowest BCUT2D eigenvalue weighted by Gasteiger charge is -2.33. The molecular weight excluding hydrogens is 236 g/mol. The average molecular weight is 262 g/mol. The summed E-state index contributed by atoms with van der Waals surface area (Å²) >= 11 is 0. The Morgan fingerprint density at radius 2 is 1.89 bits per heavy atom. The van der Waals surface area contributed by atoms with Gasteiger partial charge in [-0.2, -0.15) is 0 Å². The molecule has 0 aliphatic carbocycles. The molecule has 0 aromatic heterocycles. The van der Waals surface area contributed by atoms with Crippen molar-refractivity contribution in [1.29, 1.82) is 0 Å². The first-order valence-electron chi connectivity index (χ1n) is 7.27. The summed E-state index contributed by atoms with van der Waals surface area (Å²) in [6.07, 6.45) is 2.49. The molecule has 0 radical (unpaired) electrons. The van der Waals surface area contributed by atoms with Gasteiger partial charge in [-0.25, -0.2) is 0 Å². The van der Waals surface area contributed by atoms with Crippen LogP contribution < -0.4 is 10.5 Å². The lowest BCUT2D eigenvalue weighted by atomic mass is 9.85. The zero-order valence-electron chi connectivity index (χ0n) is 12.1. The van der Waals surface area contributed by atoms with Crippen molar-refractivity contribution in [2.75, 3.05) is 33.3 Å². The first-order chi connectivity index (χ1) is 9.19. The van der Waals surface area contributed by atoms with Gasteiger partial charge in [-0.05, 0) is 64.5 Å². The molecule has 1 aromatic carbocycles. The highest BCUT2D eigenvalue weighted by Crippen LogP contribution is 2.25. The van der Waals surface area contributed by atoms with E-state index in [9.17, 15) is 0 Å². The van der Waals surface area contributed by atoms with Crippen molar-refractivity contribution in [3.05, 3.63) is 29.8 Å². The summed E-state index contributed by atoms with van der Waals surface area (Å²) < 4.78 is 5.90. The van der Waals surface area contributed by atoms with Crippen LogP contribution in [0, 0.1) is 18.8 Å². The van der Waals surface area contributed by atoms with Gasteiger partial charge in [-0.1, -0.05) is 17.7 Å². The molecule has 1 unspecified atom stereocenters. The Kier molecular flexibility index (Phi) is 5.23. The zero-order valence-corrected chi connectivity index (χ0v) is 12.1. The molecule has 1 aliphatic heterocycles. The topological polar surface area (TPSA) is 38.5 Å². The van der Waals surface area contributed by atoms with Crippen LogP contribution in [-0.4, -0.2) is 38.2 Å². The van der Waals surface area contributed by atoms with E-state index in [4.69, 9.17) is 10.5 Å². The molecule has 0 saturated carbocycles. The van der Waals surface area contributed by atoms with Crippen molar-refractivity contribution >= 4 is 0 Å². The van der Waals surface area contributed by atoms with E-state index in [1.54, 1.807) is 0 Å². The number of piperidine rings is 1. The molecule has 1 fully saturated rings. The van der Waals surface area contributed by atoms with Crippen molar-refractivity contribution in [1.82, 2.24) is 4.90 Å². The van der Waals surface area contributed by atoms with Gasteiger partial charge in [0.15, 0.2) is 0 Å². The van der Waals surface area contributed by atoms with Crippen LogP contribution in [0.15, 0.2) is 24.3 Å². The number of hydrogen-bond acceptors (Lipinski definition) is 3. The second-order valence-corrected chi connectivity index (χ2v) is 5.76. The Hall–Kier alpha value is -1.06. The van der Waals surface area contributed by atoms with Crippen LogP contribution in [0.1, 0.15) is 18.4 Å². The van der Waals surface area contributed by atoms with E-state index in [0.717, 1.165) is 18.9 Å². The van der Waals surface area contributed by atoms with Crippen LogP contribution in [-0.2, 0) is 0 Å². The van der Waals surface area contributed by atoms with Gasteiger partial charge in [0, 0.05) is 5.92 Å². The SMILES string of the molecule is Cc1ccc(OCC(CN)C2CCN(C)CC2)cc1. The molecule has 1 aromatic rings. The molecule has 2 N–H and O–H groups in total. The van der Waals surface area contributed by atoms with E-state index in [1.807, 2.05) is 12.1 Å². The fourth-order valence-corrected chi connectivity index (χ4v) is 2.73. The molecule has 106 valence electrons. The third kappa shape index (κ3) is 4.22. The summed E-state index contributed by atoms with van der Waals surface area (Å²) in [4.78, 5) is 2.39. The molecule has 0 bridgehead atoms. The Labute approximate surface area is 116 Å². The Bertz CT molecular complexity index is 369. The van der Waals surface area contributed by atoms with Gasteiger partial charge in [0.05, 0.1) is 6.61 Å². The number of hydrogen-bond donors (Lipinski definition) is 1. The van der Waals surface area contributed by atoms with E-state index in [2.05, 4.69) is 31.0 Å². The maximum atomic E-state index is 5.93. The first-order valence-corrected chi connectivity index (χ1v) is 7.27. The predicted octanol–water partition coefficient (Wildman–Crippen LogP) is 2.29. The normalized spacial score (nSPS) is 19.3. The number of benzene rings is 1. The molecule has 1 heterocycles. The van der Waals surface area contributed by atoms with E-state index in [-0.39, 0.29) is 0 Å². The number of aryl methyl sites for hydroxylation is 1. The maximum absolute atomic E-state index is 5.93. The van der Waals surface area contributed by atoms with Crippen molar-refractivity contribution in [2.45, 2.75) is 19.8 Å². The van der Waals surface area contributed by atoms with Gasteiger partial charge >= 0.3 is 0 Å². The first kappa shape index (κ1) is 14.4. The van der Waals surface area contributed by atoms with Gasteiger partial charge in [-0.3, -0.25) is 0 Å². The van der Waals surface area contributed by atoms with E-state index in [1.165, 1.54) is 31.5 Å². The molecule has 2 rings (SSSR count). The molecule has 1 aliphatic rings. The van der Waals surface area contributed by atoms with Crippen LogP contribution in [0.25, 0.3) is 0 Å². The van der Waals surface area contributed by atoms with Crippen molar-refractivity contribution in [3.8, 4) is 5.75 Å². The Balaban J connectivity index is 1.83. The number of likely N-dealkylation sites (tertiary alicyclic amines) is 1. The van der Waals surface area contributed by atoms with Crippen LogP contribution in [0.2, 0.25) is 0 Å². The Morgan fingerprint density at radius 1 is 1.26 bits per heavy atom. The molecule has 19 heavy (non-hydrogen) atoms. The average Bonchev–Trinajstić information content (AvgIpc) is 2.43. The van der Waals surface area contributed by atoms with Crippen molar-refractivity contribution in [2.24, 2.45) is 17.6 Å². The Morgan fingerprint density at radius 3 is 2.47 bits per heavy atom. The molecule has 3 nitrogen and oxygen atoms in total. The molecular formula is C16H26N2O. The van der Waals surface area contributed by atoms with Crippen molar-refractivity contribution in [3.63, 3.8) is 0 Å². The number of rotatable bonds is 5. The lowest BCUT2D eigenvalue weighted by molar-refractivity contribution is 0.132. The van der Waals surface area contributed by atoms with Gasteiger partial charge < -0.3 is 15.4 Å². The summed E-state index contributed by atoms with van der Waals surface area (Å²) in [5, 5.41) is 0. The number of ether oxygens (including phenoxy) is 1. The van der Waals surface area contributed by atoms with E-state index < -0.39 is 0 Å². The minimum atomic E-state index is 0.481. The fourth-order valence-electron chi connectivity index (χ4n) is 2.73. The molecule has 1 saturated heterocycles. The van der Waals surface area contributed by atoms with E-state index >= 15 is 0 Å². The second kappa shape index (κ2) is 6.92. The fraction of sp³-hybridized carbons (Fsp3) is 0.625. The summed E-state index contributed by atoms with van der Waals surface area (Å²) in [6, 6.07) is 8.25. The number of nitrogens with zero attached hydrogens (tertiary/aromatic N) is 1. The van der Waals surface area contributed by atoms with Crippen LogP contribution in [0.5, 0.6) is 5.75 Å². The highest BCUT2D eigenvalue weighted by Gasteiger charge is 2.24. The van der Waals surface area contributed by atoms with Crippen molar-refractivity contribution < 1.29 is 4.74 Å². The quantitative estimate of drug-likeness (QED) is 0.885. The maximum Gasteiger partial charge on any atom is 0.119 e. The zero-order chi connectivity index (χ0) is 13.7. The van der Waals surface area contributed by atoms with Gasteiger partial charge in [0.1, 0.15) is 5.75 Å². The third-order valence-corrected chi connectivity index (χ3v) is 4.22. The lowest BCUT2D eigenvalue weighted by Crippen LogP contribution is -2.37. The number of nitrogens with two attached hydrogens (primary N) is 1. The highest BCUT2D eigenvalue weighted by molar-refractivity contribution is 5.26. The smallest absolute Gasteiger partial charge is 0.119 e. The predicted molar refractivity (Wildman–Crippen MR) is 79.4 cm³/mol. The molecule has 1 atom stereocenters. The second-order valence-electron chi connectivity index (χ2n) is 5.76. The largest absolute Gasteiger partial charge is 0.493 e. The van der Waals surface area contributed by atoms with Crippen LogP contribution in [0.4, 0.5) is 0 Å². The van der Waals surface area contributed by atoms with Gasteiger partial charge in [0.25, 0.3) is 0 Å². The minimum absolute atomic E-state index is 0.481. The standard InChI is InChI=1S/C16H26N2O/c1-13-3-5-16(6-4-13)19-12-15(11-17)14-7-9-18(2)10-8-14/h3-6,14-15H,7-12,17H2,1-2H3. The van der Waals surface area contributed by atoms with E-state index in [0.29, 0.717) is 11.8 Å². The molecule has 0 spiro atoms. The molecule has 0 amide bonds.